The van der Waals surface area contributed by atoms with Crippen LogP contribution < -0.4 is 16.0 Å². The van der Waals surface area contributed by atoms with Crippen LogP contribution in [-0.2, 0) is 27.4 Å². The van der Waals surface area contributed by atoms with E-state index in [4.69, 9.17) is 4.74 Å². The number of carbonyl (C=O) groups excluding carboxylic acids is 3. The molecule has 0 saturated heterocycles. The van der Waals surface area contributed by atoms with Crippen molar-refractivity contribution in [1.82, 2.24) is 16.0 Å². The summed E-state index contributed by atoms with van der Waals surface area (Å²) in [5.41, 5.74) is 1.67. The molecule has 0 spiro atoms. The third kappa shape index (κ3) is 11.7. The number of aliphatic hydroxyl groups is 2. The van der Waals surface area contributed by atoms with Gasteiger partial charge in [-0.25, -0.2) is 4.79 Å². The smallest absolute Gasteiger partial charge is 0.408 e. The van der Waals surface area contributed by atoms with Gasteiger partial charge in [0, 0.05) is 6.42 Å². The van der Waals surface area contributed by atoms with Crippen molar-refractivity contribution in [1.29, 1.82) is 0 Å². The number of ether oxygens (including phenoxy) is 1. The van der Waals surface area contributed by atoms with Crippen molar-refractivity contribution in [2.24, 2.45) is 11.8 Å². The van der Waals surface area contributed by atoms with Crippen LogP contribution in [0, 0.1) is 11.8 Å². The Kier molecular flexibility index (Phi) is 15.2. The van der Waals surface area contributed by atoms with Crippen molar-refractivity contribution in [3.05, 3.63) is 83.9 Å². The molecule has 3 rings (SSSR count). The summed E-state index contributed by atoms with van der Waals surface area (Å²) in [4.78, 5) is 40.7. The second-order valence-corrected chi connectivity index (χ2v) is 12.9. The topological polar surface area (TPSA) is 137 Å². The summed E-state index contributed by atoms with van der Waals surface area (Å²) in [7, 11) is 0. The lowest BCUT2D eigenvalue weighted by Gasteiger charge is -2.33. The first-order valence-corrected chi connectivity index (χ1v) is 16.9. The van der Waals surface area contributed by atoms with Crippen molar-refractivity contribution >= 4 is 28.7 Å². The molecule has 47 heavy (non-hydrogen) atoms. The molecule has 0 radical (unpaired) electrons. The van der Waals surface area contributed by atoms with E-state index in [0.717, 1.165) is 28.3 Å². The second kappa shape index (κ2) is 19.0. The highest BCUT2D eigenvalue weighted by Gasteiger charge is 2.34. The largest absolute Gasteiger partial charge is 0.445 e. The number of rotatable bonds is 18. The maximum Gasteiger partial charge on any atom is 0.408 e. The number of amides is 3. The van der Waals surface area contributed by atoms with Crippen LogP contribution in [0.25, 0.3) is 10.8 Å². The maximum absolute atomic E-state index is 14.0. The van der Waals surface area contributed by atoms with E-state index in [1.807, 2.05) is 107 Å². The van der Waals surface area contributed by atoms with Gasteiger partial charge in [0.25, 0.3) is 0 Å². The molecule has 0 heterocycles. The lowest BCUT2D eigenvalue weighted by Crippen LogP contribution is -2.58. The van der Waals surface area contributed by atoms with Crippen molar-refractivity contribution in [2.75, 3.05) is 0 Å². The number of aliphatic hydroxyl groups excluding tert-OH is 2. The van der Waals surface area contributed by atoms with E-state index < -0.39 is 48.2 Å². The van der Waals surface area contributed by atoms with E-state index in [1.165, 1.54) is 0 Å². The van der Waals surface area contributed by atoms with Gasteiger partial charge in [-0.2, -0.15) is 0 Å². The molecule has 0 aliphatic heterocycles. The normalized spacial score (nSPS) is 15.2. The Morgan fingerprint density at radius 2 is 1.43 bits per heavy atom. The van der Waals surface area contributed by atoms with Crippen molar-refractivity contribution < 1.29 is 29.3 Å². The van der Waals surface area contributed by atoms with Gasteiger partial charge in [0.05, 0.1) is 12.1 Å². The van der Waals surface area contributed by atoms with Gasteiger partial charge in [-0.1, -0.05) is 127 Å². The Bertz CT molecular complexity index is 1410. The van der Waals surface area contributed by atoms with Gasteiger partial charge < -0.3 is 30.9 Å². The zero-order valence-corrected chi connectivity index (χ0v) is 28.4. The van der Waals surface area contributed by atoms with E-state index in [1.54, 1.807) is 0 Å². The minimum absolute atomic E-state index is 0.0406. The number of benzene rings is 3. The minimum Gasteiger partial charge on any atom is -0.445 e. The molecule has 0 bridgehead atoms. The van der Waals surface area contributed by atoms with Crippen LogP contribution in [0.4, 0.5) is 4.79 Å². The van der Waals surface area contributed by atoms with E-state index in [9.17, 15) is 24.6 Å². The average molecular weight is 648 g/mol. The molecule has 0 aliphatic carbocycles. The van der Waals surface area contributed by atoms with Crippen LogP contribution in [0.2, 0.25) is 0 Å². The predicted molar refractivity (Wildman–Crippen MR) is 186 cm³/mol. The molecule has 0 fully saturated rings. The van der Waals surface area contributed by atoms with Gasteiger partial charge >= 0.3 is 6.09 Å². The zero-order valence-electron chi connectivity index (χ0n) is 28.4. The second-order valence-electron chi connectivity index (χ2n) is 12.9. The molecule has 9 heteroatoms. The van der Waals surface area contributed by atoms with E-state index in [-0.39, 0.29) is 24.9 Å². The van der Waals surface area contributed by atoms with Crippen LogP contribution in [-0.4, -0.2) is 58.5 Å². The van der Waals surface area contributed by atoms with Crippen molar-refractivity contribution in [2.45, 2.75) is 110 Å². The van der Waals surface area contributed by atoms with Crippen molar-refractivity contribution in [3.63, 3.8) is 0 Å². The third-order valence-electron chi connectivity index (χ3n) is 8.65. The molecule has 3 aromatic rings. The number of carbonyl (C=O) groups is 3. The van der Waals surface area contributed by atoms with Gasteiger partial charge in [-0.05, 0) is 46.6 Å². The van der Waals surface area contributed by atoms with E-state index in [2.05, 4.69) is 16.0 Å². The quantitative estimate of drug-likeness (QED) is 0.121. The molecule has 3 amide bonds. The van der Waals surface area contributed by atoms with Crippen LogP contribution in [0.3, 0.4) is 0 Å². The number of alkyl carbamates (subject to hydrolysis) is 1. The number of fused-ring (bicyclic) bond motifs is 1. The lowest BCUT2D eigenvalue weighted by molar-refractivity contribution is -0.131. The summed E-state index contributed by atoms with van der Waals surface area (Å²) in [5, 5.41) is 32.4. The Morgan fingerprint density at radius 3 is 2.11 bits per heavy atom. The van der Waals surface area contributed by atoms with Gasteiger partial charge in [-0.15, -0.1) is 0 Å². The predicted octanol–water partition coefficient (Wildman–Crippen LogP) is 5.65. The Balaban J connectivity index is 1.84. The van der Waals surface area contributed by atoms with Crippen molar-refractivity contribution in [3.8, 4) is 0 Å². The first-order valence-electron chi connectivity index (χ1n) is 16.9. The van der Waals surface area contributed by atoms with Gasteiger partial charge in [-0.3, -0.25) is 9.59 Å². The SMILES string of the molecule is CCCC[C@H](NC(=O)[C@H](Cc1cccc2ccccc12)NC(=O)OCc1ccccc1)C(=O)N[C@@H](CC(C)C)[C@@H](O)[C@@H](O)C(C)CC. The van der Waals surface area contributed by atoms with Gasteiger partial charge in [0.1, 0.15) is 24.8 Å². The number of hydrogen-bond acceptors (Lipinski definition) is 6. The molecule has 6 atom stereocenters. The third-order valence-corrected chi connectivity index (χ3v) is 8.65. The standard InChI is InChI=1S/C38H53N3O6/c1-6-8-21-31(36(44)40-32(22-25(3)4)35(43)34(42)26(5)7-2)39-37(45)33(41-38(46)47-24-27-15-10-9-11-16-27)23-29-19-14-18-28-17-12-13-20-30(28)29/h9-20,25-26,31-35,42-43H,6-8,21-24H2,1-5H3,(H,39,45)(H,40,44)(H,41,46)/t26?,31-,32-,33-,34-,35+/m0/s1. The van der Waals surface area contributed by atoms with Crippen LogP contribution in [0.1, 0.15) is 77.8 Å². The monoisotopic (exact) mass is 647 g/mol. The summed E-state index contributed by atoms with van der Waals surface area (Å²) in [5.74, 6) is -0.983. The molecule has 0 aromatic heterocycles. The highest BCUT2D eigenvalue weighted by atomic mass is 16.5. The number of unbranched alkanes of at least 4 members (excludes halogenated alkanes) is 1. The van der Waals surface area contributed by atoms with Crippen LogP contribution >= 0.6 is 0 Å². The molecular formula is C38H53N3O6. The molecule has 9 nitrogen and oxygen atoms in total. The average Bonchev–Trinajstić information content (AvgIpc) is 3.07. The molecule has 5 N–H and O–H groups in total. The Labute approximate surface area is 279 Å². The summed E-state index contributed by atoms with van der Waals surface area (Å²) < 4.78 is 5.46. The molecule has 0 aliphatic rings. The highest BCUT2D eigenvalue weighted by Crippen LogP contribution is 2.21. The number of hydrogen-bond donors (Lipinski definition) is 5. The first-order chi connectivity index (χ1) is 22.5. The van der Waals surface area contributed by atoms with Crippen LogP contribution in [0.5, 0.6) is 0 Å². The molecule has 0 saturated carbocycles. The fraction of sp³-hybridized carbons (Fsp3) is 0.500. The minimum atomic E-state index is -1.17. The fourth-order valence-corrected chi connectivity index (χ4v) is 5.65. The van der Waals surface area contributed by atoms with Gasteiger partial charge in [0.2, 0.25) is 11.8 Å². The number of nitrogens with one attached hydrogen (secondary N) is 3. The molecular weight excluding hydrogens is 594 g/mol. The zero-order chi connectivity index (χ0) is 34.3. The van der Waals surface area contributed by atoms with E-state index >= 15 is 0 Å². The van der Waals surface area contributed by atoms with Gasteiger partial charge in [0.15, 0.2) is 0 Å². The molecule has 256 valence electrons. The summed E-state index contributed by atoms with van der Waals surface area (Å²) in [6, 6.07) is 20.2. The lowest BCUT2D eigenvalue weighted by atomic mass is 9.89. The fourth-order valence-electron chi connectivity index (χ4n) is 5.65. The Morgan fingerprint density at radius 1 is 0.766 bits per heavy atom. The molecule has 3 aromatic carbocycles. The molecule has 1 unspecified atom stereocenters. The Hall–Kier alpha value is -3.95. The highest BCUT2D eigenvalue weighted by molar-refractivity contribution is 5.92. The summed E-state index contributed by atoms with van der Waals surface area (Å²) >= 11 is 0. The summed E-state index contributed by atoms with van der Waals surface area (Å²) in [6.45, 7) is 9.81. The maximum atomic E-state index is 14.0. The van der Waals surface area contributed by atoms with E-state index in [0.29, 0.717) is 25.7 Å². The summed E-state index contributed by atoms with van der Waals surface area (Å²) in [6.07, 6.45) is 0.213. The first kappa shape index (κ1) is 37.5. The van der Waals surface area contributed by atoms with Crippen LogP contribution in [0.15, 0.2) is 72.8 Å².